The zero-order chi connectivity index (χ0) is 17.7. The van der Waals surface area contributed by atoms with E-state index in [1.54, 1.807) is 44.4 Å². The van der Waals surface area contributed by atoms with Gasteiger partial charge in [-0.15, -0.1) is 0 Å². The van der Waals surface area contributed by atoms with Crippen LogP contribution in [-0.4, -0.2) is 27.2 Å². The van der Waals surface area contributed by atoms with Crippen LogP contribution >= 0.6 is 15.9 Å². The Balaban J connectivity index is 2.05. The number of halogens is 1. The lowest BCUT2D eigenvalue weighted by molar-refractivity contribution is -0.115. The molecule has 0 radical (unpaired) electrons. The van der Waals surface area contributed by atoms with Crippen LogP contribution in [-0.2, 0) is 21.1 Å². The van der Waals surface area contributed by atoms with E-state index in [2.05, 4.69) is 21.2 Å². The van der Waals surface area contributed by atoms with Gasteiger partial charge < -0.3 is 10.1 Å². The van der Waals surface area contributed by atoms with Gasteiger partial charge in [-0.1, -0.05) is 19.1 Å². The van der Waals surface area contributed by atoms with Crippen molar-refractivity contribution in [2.45, 2.75) is 18.2 Å². The van der Waals surface area contributed by atoms with Gasteiger partial charge in [0.2, 0.25) is 5.91 Å². The maximum absolute atomic E-state index is 12.1. The molecule has 2 aromatic carbocycles. The second-order valence-electron chi connectivity index (χ2n) is 5.12. The minimum atomic E-state index is -3.22. The molecule has 5 nitrogen and oxygen atoms in total. The molecule has 128 valence electrons. The molecule has 0 spiro atoms. The zero-order valence-electron chi connectivity index (χ0n) is 13.4. The fourth-order valence-corrected chi connectivity index (χ4v) is 3.40. The average molecular weight is 412 g/mol. The third kappa shape index (κ3) is 4.58. The van der Waals surface area contributed by atoms with Gasteiger partial charge in [0, 0.05) is 11.8 Å². The Bertz CT molecular complexity index is 832. The smallest absolute Gasteiger partial charge is 0.228 e. The lowest BCUT2D eigenvalue weighted by Gasteiger charge is -2.09. The van der Waals surface area contributed by atoms with Crippen LogP contribution in [0, 0.1) is 0 Å². The summed E-state index contributed by atoms with van der Waals surface area (Å²) in [5.41, 5.74) is 1.37. The first-order valence-corrected chi connectivity index (χ1v) is 9.75. The van der Waals surface area contributed by atoms with Crippen molar-refractivity contribution in [3.05, 3.63) is 52.5 Å². The zero-order valence-corrected chi connectivity index (χ0v) is 15.8. The van der Waals surface area contributed by atoms with Gasteiger partial charge in [0.15, 0.2) is 9.84 Å². The Hall–Kier alpha value is -1.86. The summed E-state index contributed by atoms with van der Waals surface area (Å²) in [5.74, 6) is 0.491. The van der Waals surface area contributed by atoms with E-state index in [-0.39, 0.29) is 23.0 Å². The van der Waals surface area contributed by atoms with Crippen molar-refractivity contribution in [1.82, 2.24) is 0 Å². The van der Waals surface area contributed by atoms with E-state index in [1.165, 1.54) is 12.1 Å². The maximum atomic E-state index is 12.1. The summed E-state index contributed by atoms with van der Waals surface area (Å²) in [6, 6.07) is 11.7. The van der Waals surface area contributed by atoms with Gasteiger partial charge in [-0.2, -0.15) is 0 Å². The first kappa shape index (κ1) is 18.5. The molecule has 0 aliphatic rings. The molecular weight excluding hydrogens is 394 g/mol. The fourth-order valence-electron chi connectivity index (χ4n) is 2.11. The number of benzene rings is 2. The van der Waals surface area contributed by atoms with E-state index < -0.39 is 9.84 Å². The molecule has 0 fully saturated rings. The summed E-state index contributed by atoms with van der Waals surface area (Å²) in [6.45, 7) is 1.60. The molecule has 0 unspecified atom stereocenters. The van der Waals surface area contributed by atoms with Gasteiger partial charge in [-0.05, 0) is 45.8 Å². The van der Waals surface area contributed by atoms with Crippen molar-refractivity contribution in [3.63, 3.8) is 0 Å². The molecule has 7 heteroatoms. The molecule has 0 saturated heterocycles. The van der Waals surface area contributed by atoms with Crippen LogP contribution in [0.3, 0.4) is 0 Å². The number of amides is 1. The van der Waals surface area contributed by atoms with Crippen LogP contribution in [0.15, 0.2) is 51.8 Å². The largest absolute Gasteiger partial charge is 0.495 e. The predicted molar refractivity (Wildman–Crippen MR) is 97.2 cm³/mol. The standard InChI is InChI=1S/C17H18BrNO4S/c1-3-24(21,22)14-7-4-12(5-8-14)10-17(20)19-13-6-9-15(18)16(11-13)23-2/h4-9,11H,3,10H2,1-2H3,(H,19,20). The number of nitrogens with one attached hydrogen (secondary N) is 1. The molecule has 0 aliphatic carbocycles. The number of carbonyl (C=O) groups excluding carboxylic acids is 1. The summed E-state index contributed by atoms with van der Waals surface area (Å²) >= 11 is 3.35. The summed E-state index contributed by atoms with van der Waals surface area (Å²) in [4.78, 5) is 12.4. The molecule has 0 atom stereocenters. The van der Waals surface area contributed by atoms with Crippen LogP contribution in [0.5, 0.6) is 5.75 Å². The third-order valence-electron chi connectivity index (χ3n) is 3.46. The minimum Gasteiger partial charge on any atom is -0.495 e. The highest BCUT2D eigenvalue weighted by Gasteiger charge is 2.12. The van der Waals surface area contributed by atoms with E-state index in [0.29, 0.717) is 11.4 Å². The molecule has 0 bridgehead atoms. The van der Waals surface area contributed by atoms with Crippen molar-refractivity contribution in [2.75, 3.05) is 18.2 Å². The lowest BCUT2D eigenvalue weighted by Crippen LogP contribution is -2.14. The normalized spacial score (nSPS) is 11.1. The summed E-state index contributed by atoms with van der Waals surface area (Å²) in [6.07, 6.45) is 0.158. The number of anilines is 1. The van der Waals surface area contributed by atoms with Gasteiger partial charge in [0.05, 0.1) is 28.7 Å². The van der Waals surface area contributed by atoms with Crippen LogP contribution in [0.2, 0.25) is 0 Å². The van der Waals surface area contributed by atoms with E-state index in [1.807, 2.05) is 0 Å². The first-order chi connectivity index (χ1) is 11.4. The Morgan fingerprint density at radius 2 is 1.83 bits per heavy atom. The highest BCUT2D eigenvalue weighted by atomic mass is 79.9. The number of sulfone groups is 1. The van der Waals surface area contributed by atoms with Crippen molar-refractivity contribution in [3.8, 4) is 5.75 Å². The van der Waals surface area contributed by atoms with Crippen LogP contribution < -0.4 is 10.1 Å². The monoisotopic (exact) mass is 411 g/mol. The molecule has 24 heavy (non-hydrogen) atoms. The minimum absolute atomic E-state index is 0.0538. The number of hydrogen-bond donors (Lipinski definition) is 1. The lowest BCUT2D eigenvalue weighted by atomic mass is 10.1. The molecule has 1 amide bonds. The Morgan fingerprint density at radius 3 is 2.42 bits per heavy atom. The third-order valence-corrected chi connectivity index (χ3v) is 5.87. The number of rotatable bonds is 6. The van der Waals surface area contributed by atoms with Crippen molar-refractivity contribution in [1.29, 1.82) is 0 Å². The summed E-state index contributed by atoms with van der Waals surface area (Å²) in [5, 5.41) is 2.79. The molecule has 0 aromatic heterocycles. The van der Waals surface area contributed by atoms with Crippen molar-refractivity contribution >= 4 is 37.4 Å². The maximum Gasteiger partial charge on any atom is 0.228 e. The van der Waals surface area contributed by atoms with E-state index in [0.717, 1.165) is 10.0 Å². The molecule has 0 aliphatic heterocycles. The number of carbonyl (C=O) groups is 1. The van der Waals surface area contributed by atoms with Crippen LogP contribution in [0.25, 0.3) is 0 Å². The number of hydrogen-bond acceptors (Lipinski definition) is 4. The van der Waals surface area contributed by atoms with Gasteiger partial charge in [-0.25, -0.2) is 8.42 Å². The van der Waals surface area contributed by atoms with Gasteiger partial charge in [-0.3, -0.25) is 4.79 Å². The van der Waals surface area contributed by atoms with E-state index in [9.17, 15) is 13.2 Å². The van der Waals surface area contributed by atoms with Gasteiger partial charge in [0.25, 0.3) is 0 Å². The highest BCUT2D eigenvalue weighted by Crippen LogP contribution is 2.27. The fraction of sp³-hybridized carbons (Fsp3) is 0.235. The van der Waals surface area contributed by atoms with Gasteiger partial charge >= 0.3 is 0 Å². The van der Waals surface area contributed by atoms with Crippen molar-refractivity contribution < 1.29 is 17.9 Å². The Kier molecular flexibility index (Phi) is 6.01. The van der Waals surface area contributed by atoms with E-state index in [4.69, 9.17) is 4.74 Å². The van der Waals surface area contributed by atoms with Crippen LogP contribution in [0.4, 0.5) is 5.69 Å². The number of methoxy groups -OCH3 is 1. The highest BCUT2D eigenvalue weighted by molar-refractivity contribution is 9.10. The molecule has 0 saturated carbocycles. The SMILES string of the molecule is CCS(=O)(=O)c1ccc(CC(=O)Nc2ccc(Br)c(OC)c2)cc1. The summed E-state index contributed by atoms with van der Waals surface area (Å²) < 4.78 is 29.5. The Morgan fingerprint density at radius 1 is 1.17 bits per heavy atom. The summed E-state index contributed by atoms with van der Waals surface area (Å²) in [7, 11) is -1.67. The van der Waals surface area contributed by atoms with Crippen LogP contribution in [0.1, 0.15) is 12.5 Å². The molecule has 0 heterocycles. The van der Waals surface area contributed by atoms with Crippen molar-refractivity contribution in [2.24, 2.45) is 0 Å². The average Bonchev–Trinajstić information content (AvgIpc) is 2.57. The molecule has 2 aromatic rings. The van der Waals surface area contributed by atoms with Gasteiger partial charge in [0.1, 0.15) is 5.75 Å². The molecule has 1 N–H and O–H groups in total. The quantitative estimate of drug-likeness (QED) is 0.789. The second kappa shape index (κ2) is 7.81. The predicted octanol–water partition coefficient (Wildman–Crippen LogP) is 3.43. The van der Waals surface area contributed by atoms with E-state index >= 15 is 0 Å². The topological polar surface area (TPSA) is 72.5 Å². The molecule has 2 rings (SSSR count). The second-order valence-corrected chi connectivity index (χ2v) is 8.25. The molecular formula is C17H18BrNO4S. The first-order valence-electron chi connectivity index (χ1n) is 7.31. The Labute approximate surface area is 150 Å². The number of ether oxygens (including phenoxy) is 1.